The molecule has 3 heteroatoms. The quantitative estimate of drug-likeness (QED) is 0.441. The molecule has 0 saturated carbocycles. The van der Waals surface area contributed by atoms with Crippen molar-refractivity contribution in [3.63, 3.8) is 0 Å². The van der Waals surface area contributed by atoms with Crippen LogP contribution in [-0.2, 0) is 9.59 Å². The molecule has 0 spiro atoms. The highest BCUT2D eigenvalue weighted by molar-refractivity contribution is 6.03. The maximum absolute atomic E-state index is 12.3. The van der Waals surface area contributed by atoms with E-state index in [4.69, 9.17) is 5.11 Å². The molecule has 0 radical (unpaired) electrons. The van der Waals surface area contributed by atoms with Crippen LogP contribution in [-0.4, -0.2) is 16.9 Å². The Morgan fingerprint density at radius 2 is 1.81 bits per heavy atom. The van der Waals surface area contributed by atoms with Crippen molar-refractivity contribution in [1.29, 1.82) is 0 Å². The Morgan fingerprint density at radius 1 is 1.14 bits per heavy atom. The van der Waals surface area contributed by atoms with E-state index in [9.17, 15) is 9.59 Å². The van der Waals surface area contributed by atoms with Gasteiger partial charge in [0, 0.05) is 17.6 Å². The number of aliphatic carboxylic acids is 1. The monoisotopic (exact) mass is 286 g/mol. The molecule has 0 aromatic heterocycles. The summed E-state index contributed by atoms with van der Waals surface area (Å²) in [6.07, 6.45) is 6.56. The van der Waals surface area contributed by atoms with Gasteiger partial charge in [0.1, 0.15) is 0 Å². The third kappa shape index (κ3) is 6.21. The lowest BCUT2D eigenvalue weighted by Crippen LogP contribution is -2.04. The molecule has 0 atom stereocenters. The number of carbonyl (C=O) groups excluding carboxylic acids is 1. The van der Waals surface area contributed by atoms with Gasteiger partial charge in [-0.3, -0.25) is 4.79 Å². The zero-order valence-corrected chi connectivity index (χ0v) is 12.6. The second-order valence-corrected chi connectivity index (χ2v) is 5.02. The number of hydrogen-bond donors (Lipinski definition) is 1. The normalized spacial score (nSPS) is 12.3. The van der Waals surface area contributed by atoms with E-state index in [0.717, 1.165) is 24.8 Å². The van der Waals surface area contributed by atoms with Gasteiger partial charge in [-0.2, -0.15) is 0 Å². The van der Waals surface area contributed by atoms with Crippen LogP contribution in [0.25, 0.3) is 6.08 Å². The molecule has 0 amide bonds. The zero-order valence-electron chi connectivity index (χ0n) is 12.6. The van der Waals surface area contributed by atoms with Crippen LogP contribution in [0.2, 0.25) is 0 Å². The number of ketones is 1. The summed E-state index contributed by atoms with van der Waals surface area (Å²) < 4.78 is 0. The maximum atomic E-state index is 12.3. The first-order chi connectivity index (χ1) is 10.0. The van der Waals surface area contributed by atoms with Gasteiger partial charge in [0.15, 0.2) is 5.78 Å². The number of hydrogen-bond acceptors (Lipinski definition) is 2. The van der Waals surface area contributed by atoms with Crippen molar-refractivity contribution in [2.45, 2.75) is 39.5 Å². The van der Waals surface area contributed by atoms with Gasteiger partial charge in [0.05, 0.1) is 0 Å². The lowest BCUT2D eigenvalue weighted by Gasteiger charge is -2.04. The minimum atomic E-state index is -1.00. The number of allylic oxidation sites excluding steroid dienone is 2. The molecule has 1 aromatic rings. The average molecular weight is 286 g/mol. The summed E-state index contributed by atoms with van der Waals surface area (Å²) in [5.41, 5.74) is 1.52. The number of carbonyl (C=O) groups is 2. The number of unbranched alkanes of at least 4 members (excludes halogenated alkanes) is 2. The molecule has 0 aliphatic heterocycles. The summed E-state index contributed by atoms with van der Waals surface area (Å²) in [5, 5.41) is 8.99. The van der Waals surface area contributed by atoms with E-state index in [2.05, 4.69) is 6.92 Å². The fraction of sp³-hybridized carbons (Fsp3) is 0.333. The third-order valence-corrected chi connectivity index (χ3v) is 3.16. The Morgan fingerprint density at radius 3 is 2.38 bits per heavy atom. The van der Waals surface area contributed by atoms with Crippen molar-refractivity contribution in [3.8, 4) is 0 Å². The van der Waals surface area contributed by atoms with E-state index in [0.29, 0.717) is 12.0 Å². The molecular formula is C18H22O3. The first-order valence-corrected chi connectivity index (χ1v) is 7.26. The van der Waals surface area contributed by atoms with Crippen LogP contribution in [0.1, 0.15) is 45.1 Å². The molecule has 1 N–H and O–H groups in total. The molecule has 0 bridgehead atoms. The second-order valence-electron chi connectivity index (χ2n) is 5.02. The molecule has 0 saturated heterocycles. The molecule has 0 heterocycles. The molecule has 21 heavy (non-hydrogen) atoms. The minimum Gasteiger partial charge on any atom is -0.478 e. The van der Waals surface area contributed by atoms with Gasteiger partial charge < -0.3 is 5.11 Å². The van der Waals surface area contributed by atoms with Crippen molar-refractivity contribution >= 4 is 17.8 Å². The highest BCUT2D eigenvalue weighted by Gasteiger charge is 2.10. The molecule has 112 valence electrons. The summed E-state index contributed by atoms with van der Waals surface area (Å²) in [6, 6.07) is 9.46. The van der Waals surface area contributed by atoms with Crippen LogP contribution in [0.3, 0.4) is 0 Å². The van der Waals surface area contributed by atoms with Crippen molar-refractivity contribution < 1.29 is 14.7 Å². The van der Waals surface area contributed by atoms with Gasteiger partial charge >= 0.3 is 5.97 Å². The molecule has 0 unspecified atom stereocenters. The van der Waals surface area contributed by atoms with Crippen molar-refractivity contribution in [2.24, 2.45) is 0 Å². The van der Waals surface area contributed by atoms with Crippen LogP contribution < -0.4 is 0 Å². The minimum absolute atomic E-state index is 0.00657. The maximum Gasteiger partial charge on any atom is 0.331 e. The Labute approximate surface area is 126 Å². The van der Waals surface area contributed by atoms with Gasteiger partial charge in [-0.1, -0.05) is 50.1 Å². The summed E-state index contributed by atoms with van der Waals surface area (Å²) in [6.45, 7) is 3.58. The number of rotatable bonds is 8. The van der Waals surface area contributed by atoms with E-state index >= 15 is 0 Å². The van der Waals surface area contributed by atoms with Crippen LogP contribution in [0, 0.1) is 0 Å². The molecule has 0 fully saturated rings. The molecular weight excluding hydrogens is 264 g/mol. The fourth-order valence-electron chi connectivity index (χ4n) is 1.91. The molecule has 1 aromatic carbocycles. The molecule has 1 rings (SSSR count). The number of carboxylic acids is 1. The smallest absolute Gasteiger partial charge is 0.331 e. The largest absolute Gasteiger partial charge is 0.478 e. The summed E-state index contributed by atoms with van der Waals surface area (Å²) in [4.78, 5) is 23.2. The van der Waals surface area contributed by atoms with Gasteiger partial charge in [-0.15, -0.1) is 0 Å². The summed E-state index contributed by atoms with van der Waals surface area (Å²) in [5.74, 6) is -1.01. The van der Waals surface area contributed by atoms with Gasteiger partial charge in [-0.25, -0.2) is 4.79 Å². The lowest BCUT2D eigenvalue weighted by molar-refractivity contribution is -0.132. The SMILES string of the molecule is CCCCCC(=O)C(=C\c1ccccc1)/C=C(\C)C(=O)O. The number of carboxylic acid groups (broad SMARTS) is 1. The zero-order chi connectivity index (χ0) is 15.7. The van der Waals surface area contributed by atoms with Crippen LogP contribution in [0.4, 0.5) is 0 Å². The Kier molecular flexibility index (Phi) is 7.16. The van der Waals surface area contributed by atoms with E-state index in [1.807, 2.05) is 30.3 Å². The highest BCUT2D eigenvalue weighted by atomic mass is 16.4. The predicted octanol–water partition coefficient (Wildman–Crippen LogP) is 4.25. The van der Waals surface area contributed by atoms with E-state index < -0.39 is 5.97 Å². The van der Waals surface area contributed by atoms with Gasteiger partial charge in [0.2, 0.25) is 0 Å². The average Bonchev–Trinajstić information content (AvgIpc) is 2.47. The Balaban J connectivity index is 3.00. The lowest BCUT2D eigenvalue weighted by atomic mass is 10.00. The first-order valence-electron chi connectivity index (χ1n) is 7.26. The number of benzene rings is 1. The van der Waals surface area contributed by atoms with Gasteiger partial charge in [0.25, 0.3) is 0 Å². The van der Waals surface area contributed by atoms with Crippen molar-refractivity contribution in [2.75, 3.05) is 0 Å². The number of Topliss-reactive ketones (excluding diaryl/α,β-unsaturated/α-hetero) is 1. The van der Waals surface area contributed by atoms with Crippen LogP contribution in [0.5, 0.6) is 0 Å². The first kappa shape index (κ1) is 16.9. The predicted molar refractivity (Wildman–Crippen MR) is 85.0 cm³/mol. The molecule has 0 aliphatic rings. The Hall–Kier alpha value is -2.16. The summed E-state index contributed by atoms with van der Waals surface area (Å²) >= 11 is 0. The summed E-state index contributed by atoms with van der Waals surface area (Å²) in [7, 11) is 0. The van der Waals surface area contributed by atoms with E-state index in [1.165, 1.54) is 13.0 Å². The van der Waals surface area contributed by atoms with Crippen LogP contribution >= 0.6 is 0 Å². The topological polar surface area (TPSA) is 54.4 Å². The third-order valence-electron chi connectivity index (χ3n) is 3.16. The Bertz CT molecular complexity index is 539. The van der Waals surface area contributed by atoms with Gasteiger partial charge in [-0.05, 0) is 31.1 Å². The molecule has 3 nitrogen and oxygen atoms in total. The second kappa shape index (κ2) is 8.90. The highest BCUT2D eigenvalue weighted by Crippen LogP contribution is 2.14. The van der Waals surface area contributed by atoms with Crippen molar-refractivity contribution in [1.82, 2.24) is 0 Å². The van der Waals surface area contributed by atoms with Crippen molar-refractivity contribution in [3.05, 3.63) is 53.1 Å². The fourth-order valence-corrected chi connectivity index (χ4v) is 1.91. The van der Waals surface area contributed by atoms with E-state index in [1.54, 1.807) is 6.08 Å². The molecule has 0 aliphatic carbocycles. The van der Waals surface area contributed by atoms with E-state index in [-0.39, 0.29) is 11.4 Å². The van der Waals surface area contributed by atoms with Crippen LogP contribution in [0.15, 0.2) is 47.6 Å². The standard InChI is InChI=1S/C18H22O3/c1-3-4-6-11-17(19)16(12-14(2)18(20)21)13-15-9-7-5-8-10-15/h5,7-10,12-13H,3-4,6,11H2,1-2H3,(H,20,21)/b14-12+,16-13-.